The quantitative estimate of drug-likeness (QED) is 0.720. The summed E-state index contributed by atoms with van der Waals surface area (Å²) in [5.41, 5.74) is -1.74. The number of halogens is 1. The first-order valence-electron chi connectivity index (χ1n) is 6.72. The summed E-state index contributed by atoms with van der Waals surface area (Å²) in [5, 5.41) is 16.6. The maximum Gasteiger partial charge on any atom is 0.328 e. The van der Waals surface area contributed by atoms with Crippen molar-refractivity contribution >= 4 is 23.2 Å². The van der Waals surface area contributed by atoms with Crippen LogP contribution in [-0.4, -0.2) is 27.1 Å². The van der Waals surface area contributed by atoms with Crippen molar-refractivity contribution in [2.24, 2.45) is 10.2 Å². The molecule has 1 atom stereocenters. The Labute approximate surface area is 140 Å². The minimum atomic E-state index is -0.988. The summed E-state index contributed by atoms with van der Waals surface area (Å²) in [5.74, 6) is -1.13. The van der Waals surface area contributed by atoms with Gasteiger partial charge in [0.1, 0.15) is 5.75 Å². The normalized spacial score (nSPS) is 12.3. The first-order chi connectivity index (χ1) is 11.3. The van der Waals surface area contributed by atoms with Crippen molar-refractivity contribution in [3.8, 4) is 11.6 Å². The highest BCUT2D eigenvalue weighted by Crippen LogP contribution is 2.23. The largest absolute Gasteiger partial charge is 0.493 e. The Kier molecular flexibility index (Phi) is 5.14. The Morgan fingerprint density at radius 2 is 2.04 bits per heavy atom. The van der Waals surface area contributed by atoms with Crippen LogP contribution < -0.4 is 16.0 Å². The maximum absolute atomic E-state index is 11.9. The highest BCUT2D eigenvalue weighted by molar-refractivity contribution is 6.30. The Morgan fingerprint density at radius 3 is 2.67 bits per heavy atom. The number of rotatable bonds is 4. The highest BCUT2D eigenvalue weighted by atomic mass is 35.5. The third-order valence-electron chi connectivity index (χ3n) is 2.94. The molecule has 1 aromatic heterocycles. The molecule has 1 heterocycles. The molecule has 126 valence electrons. The summed E-state index contributed by atoms with van der Waals surface area (Å²) in [6, 6.07) is 4.89. The molecule has 0 saturated carbocycles. The van der Waals surface area contributed by atoms with Crippen LogP contribution in [0.5, 0.6) is 11.6 Å². The van der Waals surface area contributed by atoms with E-state index in [1.165, 1.54) is 6.92 Å². The van der Waals surface area contributed by atoms with Crippen LogP contribution in [0.1, 0.15) is 12.5 Å². The van der Waals surface area contributed by atoms with Crippen LogP contribution in [-0.2, 0) is 4.79 Å². The van der Waals surface area contributed by atoms with E-state index in [9.17, 15) is 19.5 Å². The van der Waals surface area contributed by atoms with Gasteiger partial charge in [-0.25, -0.2) is 4.79 Å². The number of aryl methyl sites for hydroxylation is 1. The number of benzene rings is 1. The third-order valence-corrected chi connectivity index (χ3v) is 3.17. The van der Waals surface area contributed by atoms with Gasteiger partial charge < -0.3 is 9.84 Å². The summed E-state index contributed by atoms with van der Waals surface area (Å²) < 4.78 is 5.46. The van der Waals surface area contributed by atoms with E-state index in [0.29, 0.717) is 10.8 Å². The number of hydrogen-bond acceptors (Lipinski definition) is 6. The van der Waals surface area contributed by atoms with Gasteiger partial charge >= 0.3 is 11.6 Å². The number of nitrogens with one attached hydrogen (secondary N) is 2. The van der Waals surface area contributed by atoms with Crippen molar-refractivity contribution in [3.05, 3.63) is 49.6 Å². The fourth-order valence-electron chi connectivity index (χ4n) is 1.73. The number of hydrogen-bond donors (Lipinski definition) is 3. The lowest BCUT2D eigenvalue weighted by Gasteiger charge is -2.13. The second-order valence-electron chi connectivity index (χ2n) is 4.81. The van der Waals surface area contributed by atoms with Crippen molar-refractivity contribution in [2.45, 2.75) is 20.0 Å². The summed E-state index contributed by atoms with van der Waals surface area (Å²) in [6.07, 6.45) is -0.988. The summed E-state index contributed by atoms with van der Waals surface area (Å²) >= 11 is 5.84. The zero-order valence-electron chi connectivity index (χ0n) is 12.7. The van der Waals surface area contributed by atoms with E-state index in [1.807, 2.05) is 9.97 Å². The Hall–Kier alpha value is -2.94. The SMILES string of the molecule is Cc1cc(Cl)ccc1O[C@H](C)C(=O)N=Nc1c(O)[nH]c(=O)[nH]c1=O. The number of amides is 1. The lowest BCUT2D eigenvalue weighted by Crippen LogP contribution is -2.23. The first-order valence-corrected chi connectivity index (χ1v) is 7.09. The van der Waals surface area contributed by atoms with E-state index in [0.717, 1.165) is 5.56 Å². The van der Waals surface area contributed by atoms with Gasteiger partial charge in [-0.1, -0.05) is 11.6 Å². The predicted octanol–water partition coefficient (Wildman–Crippen LogP) is 1.81. The second kappa shape index (κ2) is 7.09. The van der Waals surface area contributed by atoms with Gasteiger partial charge in [0.25, 0.3) is 5.56 Å². The van der Waals surface area contributed by atoms with Crippen molar-refractivity contribution in [1.29, 1.82) is 0 Å². The van der Waals surface area contributed by atoms with Crippen LogP contribution in [0.3, 0.4) is 0 Å². The summed E-state index contributed by atoms with van der Waals surface area (Å²) in [7, 11) is 0. The molecule has 3 N–H and O–H groups in total. The molecule has 2 rings (SSSR count). The first kappa shape index (κ1) is 17.4. The summed E-state index contributed by atoms with van der Waals surface area (Å²) in [6.45, 7) is 3.21. The minimum Gasteiger partial charge on any atom is -0.493 e. The molecule has 0 aliphatic rings. The Bertz CT molecular complexity index is 918. The van der Waals surface area contributed by atoms with Gasteiger partial charge in [-0.05, 0) is 37.6 Å². The van der Waals surface area contributed by atoms with E-state index < -0.39 is 34.8 Å². The number of aromatic hydroxyl groups is 1. The van der Waals surface area contributed by atoms with E-state index in [-0.39, 0.29) is 0 Å². The van der Waals surface area contributed by atoms with Crippen molar-refractivity contribution in [1.82, 2.24) is 9.97 Å². The molecule has 0 aliphatic carbocycles. The summed E-state index contributed by atoms with van der Waals surface area (Å²) in [4.78, 5) is 38.1. The van der Waals surface area contributed by atoms with Crippen LogP contribution in [0.4, 0.5) is 5.69 Å². The third kappa shape index (κ3) is 4.07. The second-order valence-corrected chi connectivity index (χ2v) is 5.25. The van der Waals surface area contributed by atoms with Crippen LogP contribution in [0, 0.1) is 6.92 Å². The van der Waals surface area contributed by atoms with Crippen LogP contribution in [0.25, 0.3) is 0 Å². The minimum absolute atomic E-state index is 0.445. The highest BCUT2D eigenvalue weighted by Gasteiger charge is 2.16. The van der Waals surface area contributed by atoms with Crippen molar-refractivity contribution < 1.29 is 14.6 Å². The molecule has 24 heavy (non-hydrogen) atoms. The maximum atomic E-state index is 11.9. The van der Waals surface area contributed by atoms with Gasteiger partial charge in [0.05, 0.1) is 0 Å². The van der Waals surface area contributed by atoms with E-state index in [2.05, 4.69) is 10.2 Å². The van der Waals surface area contributed by atoms with Gasteiger partial charge in [0.15, 0.2) is 6.10 Å². The molecular weight excluding hydrogens is 340 g/mol. The zero-order valence-corrected chi connectivity index (χ0v) is 13.4. The van der Waals surface area contributed by atoms with Gasteiger partial charge in [0.2, 0.25) is 11.6 Å². The predicted molar refractivity (Wildman–Crippen MR) is 85.2 cm³/mol. The molecule has 0 spiro atoms. The average molecular weight is 353 g/mol. The molecule has 9 nitrogen and oxygen atoms in total. The number of aromatic nitrogens is 2. The van der Waals surface area contributed by atoms with Gasteiger partial charge in [-0.3, -0.25) is 19.6 Å². The molecular formula is C14H13ClN4O5. The smallest absolute Gasteiger partial charge is 0.328 e. The molecule has 1 amide bonds. The number of nitrogens with zero attached hydrogens (tertiary/aromatic N) is 2. The topological polar surface area (TPSA) is 137 Å². The molecule has 10 heteroatoms. The average Bonchev–Trinajstić information content (AvgIpc) is 2.48. The number of carbonyl (C=O) groups excluding carboxylic acids is 1. The van der Waals surface area contributed by atoms with Crippen LogP contribution in [0.15, 0.2) is 38.0 Å². The molecule has 0 aliphatic heterocycles. The number of azo groups is 1. The fourth-order valence-corrected chi connectivity index (χ4v) is 1.95. The van der Waals surface area contributed by atoms with Crippen LogP contribution in [0.2, 0.25) is 5.02 Å². The lowest BCUT2D eigenvalue weighted by atomic mass is 10.2. The fraction of sp³-hybridized carbons (Fsp3) is 0.214. The molecule has 0 radical (unpaired) electrons. The molecule has 1 aromatic carbocycles. The van der Waals surface area contributed by atoms with E-state index in [1.54, 1.807) is 25.1 Å². The molecule has 0 unspecified atom stereocenters. The van der Waals surface area contributed by atoms with Gasteiger partial charge in [0, 0.05) is 5.02 Å². The standard InChI is InChI=1S/C14H13ClN4O5/c1-6-5-8(15)3-4-9(6)24-7(2)11(20)19-18-10-12(21)16-14(23)17-13(10)22/h3-5,7H,1-2H3,(H3,16,17,21,22,23)/t7-/m1/s1. The molecule has 0 bridgehead atoms. The number of H-pyrrole nitrogens is 2. The Morgan fingerprint density at radius 1 is 1.33 bits per heavy atom. The number of ether oxygens (including phenoxy) is 1. The zero-order chi connectivity index (χ0) is 17.9. The number of aromatic amines is 2. The number of carbonyl (C=O) groups is 1. The lowest BCUT2D eigenvalue weighted by molar-refractivity contribution is -0.124. The van der Waals surface area contributed by atoms with Crippen LogP contribution >= 0.6 is 11.6 Å². The van der Waals surface area contributed by atoms with Gasteiger partial charge in [-0.2, -0.15) is 0 Å². The Balaban J connectivity index is 2.14. The molecule has 2 aromatic rings. The van der Waals surface area contributed by atoms with E-state index >= 15 is 0 Å². The monoisotopic (exact) mass is 352 g/mol. The van der Waals surface area contributed by atoms with E-state index in [4.69, 9.17) is 16.3 Å². The van der Waals surface area contributed by atoms with Gasteiger partial charge in [-0.15, -0.1) is 10.2 Å². The van der Waals surface area contributed by atoms with Crippen molar-refractivity contribution in [3.63, 3.8) is 0 Å². The molecule has 0 saturated heterocycles. The van der Waals surface area contributed by atoms with Crippen molar-refractivity contribution in [2.75, 3.05) is 0 Å². The molecule has 0 fully saturated rings.